The Morgan fingerprint density at radius 3 is 3.00 bits per heavy atom. The number of rotatable bonds is 2. The van der Waals surface area contributed by atoms with E-state index in [1.165, 1.54) is 11.8 Å². The Morgan fingerprint density at radius 2 is 2.50 bits per heavy atom. The zero-order valence-corrected chi connectivity index (χ0v) is 7.63. The van der Waals surface area contributed by atoms with Gasteiger partial charge in [0, 0.05) is 13.1 Å². The van der Waals surface area contributed by atoms with E-state index in [0.29, 0.717) is 18.8 Å². The lowest BCUT2D eigenvalue weighted by Gasteiger charge is -2.28. The van der Waals surface area contributed by atoms with E-state index < -0.39 is 11.2 Å². The van der Waals surface area contributed by atoms with Gasteiger partial charge in [0.05, 0.1) is 5.75 Å². The fourth-order valence-electron chi connectivity index (χ4n) is 1.07. The van der Waals surface area contributed by atoms with Crippen LogP contribution >= 0.6 is 11.8 Å². The maximum atomic E-state index is 11.1. The first kappa shape index (κ1) is 9.38. The number of carboxylic acid groups (broad SMARTS) is 1. The summed E-state index contributed by atoms with van der Waals surface area (Å²) in [5.74, 6) is -0.490. The van der Waals surface area contributed by atoms with E-state index in [4.69, 9.17) is 5.11 Å². The van der Waals surface area contributed by atoms with Crippen molar-refractivity contribution in [3.63, 3.8) is 0 Å². The molecule has 0 aromatic heterocycles. The van der Waals surface area contributed by atoms with Crippen LogP contribution in [0.3, 0.4) is 0 Å². The Kier molecular flexibility index (Phi) is 2.97. The van der Waals surface area contributed by atoms with Crippen LogP contribution in [-0.4, -0.2) is 46.0 Å². The van der Waals surface area contributed by atoms with Gasteiger partial charge in [-0.05, 0) is 6.92 Å². The highest BCUT2D eigenvalue weighted by Crippen LogP contribution is 2.19. The van der Waals surface area contributed by atoms with E-state index in [0.717, 1.165) is 0 Å². The maximum absolute atomic E-state index is 11.1. The smallest absolute Gasteiger partial charge is 0.318 e. The summed E-state index contributed by atoms with van der Waals surface area (Å²) < 4.78 is 0. The molecule has 0 radical (unpaired) electrons. The number of thioether (sulfide) groups is 1. The molecule has 1 unspecified atom stereocenters. The van der Waals surface area contributed by atoms with Gasteiger partial charge in [-0.2, -0.15) is 0 Å². The first-order chi connectivity index (χ1) is 5.65. The molecule has 1 aliphatic heterocycles. The van der Waals surface area contributed by atoms with E-state index in [-0.39, 0.29) is 5.91 Å². The van der Waals surface area contributed by atoms with Gasteiger partial charge in [0.25, 0.3) is 0 Å². The van der Waals surface area contributed by atoms with Gasteiger partial charge in [0.15, 0.2) is 0 Å². The highest BCUT2D eigenvalue weighted by Gasteiger charge is 2.29. The number of hydrogen-bond acceptors (Lipinski definition) is 3. The Morgan fingerprint density at radius 1 is 1.83 bits per heavy atom. The third kappa shape index (κ3) is 1.91. The monoisotopic (exact) mass is 189 g/mol. The molecule has 1 rings (SSSR count). The van der Waals surface area contributed by atoms with Crippen molar-refractivity contribution < 1.29 is 14.7 Å². The summed E-state index contributed by atoms with van der Waals surface area (Å²) in [5.41, 5.74) is 0. The standard InChI is InChI=1S/C7H11NO3S/c1-2-8-3-5(7(10)11)12-4-6(8)9/h5H,2-4H2,1H3,(H,10,11). The molecule has 4 nitrogen and oxygen atoms in total. The predicted octanol–water partition coefficient (Wildman–Crippen LogP) is 0.0349. The lowest BCUT2D eigenvalue weighted by Crippen LogP contribution is -2.44. The highest BCUT2D eigenvalue weighted by molar-refractivity contribution is 8.01. The minimum absolute atomic E-state index is 0.0417. The van der Waals surface area contributed by atoms with Gasteiger partial charge in [0.1, 0.15) is 5.25 Å². The Bertz CT molecular complexity index is 207. The summed E-state index contributed by atoms with van der Waals surface area (Å²) >= 11 is 1.21. The molecule has 1 aliphatic rings. The second kappa shape index (κ2) is 3.80. The number of hydrogen-bond donors (Lipinski definition) is 1. The lowest BCUT2D eigenvalue weighted by molar-refractivity contribution is -0.137. The quantitative estimate of drug-likeness (QED) is 0.666. The van der Waals surface area contributed by atoms with Gasteiger partial charge >= 0.3 is 5.97 Å². The van der Waals surface area contributed by atoms with Crippen LogP contribution in [0.4, 0.5) is 0 Å². The number of amides is 1. The third-order valence-corrected chi connectivity index (χ3v) is 2.97. The zero-order valence-electron chi connectivity index (χ0n) is 6.82. The van der Waals surface area contributed by atoms with Crippen LogP contribution in [0.15, 0.2) is 0 Å². The van der Waals surface area contributed by atoms with E-state index in [9.17, 15) is 9.59 Å². The van der Waals surface area contributed by atoms with Gasteiger partial charge in [-0.1, -0.05) is 0 Å². The van der Waals surface area contributed by atoms with Crippen LogP contribution in [0.5, 0.6) is 0 Å². The van der Waals surface area contributed by atoms with Crippen molar-refractivity contribution in [1.82, 2.24) is 4.90 Å². The second-order valence-electron chi connectivity index (χ2n) is 2.57. The van der Waals surface area contributed by atoms with Crippen molar-refractivity contribution in [2.45, 2.75) is 12.2 Å². The normalized spacial score (nSPS) is 24.2. The van der Waals surface area contributed by atoms with Crippen LogP contribution < -0.4 is 0 Å². The van der Waals surface area contributed by atoms with Crippen LogP contribution in [0, 0.1) is 0 Å². The van der Waals surface area contributed by atoms with Gasteiger partial charge < -0.3 is 10.0 Å². The highest BCUT2D eigenvalue weighted by atomic mass is 32.2. The van der Waals surface area contributed by atoms with Gasteiger partial charge in [-0.25, -0.2) is 0 Å². The molecule has 0 bridgehead atoms. The minimum atomic E-state index is -0.828. The minimum Gasteiger partial charge on any atom is -0.480 e. The molecule has 0 aromatic carbocycles. The van der Waals surface area contributed by atoms with Crippen LogP contribution in [0.25, 0.3) is 0 Å². The lowest BCUT2D eigenvalue weighted by atomic mass is 10.3. The molecular weight excluding hydrogens is 178 g/mol. The molecule has 68 valence electrons. The van der Waals surface area contributed by atoms with Crippen molar-refractivity contribution in [3.8, 4) is 0 Å². The molecule has 0 saturated carbocycles. The summed E-state index contributed by atoms with van der Waals surface area (Å²) in [5, 5.41) is 8.24. The molecule has 1 fully saturated rings. The zero-order chi connectivity index (χ0) is 9.14. The Balaban J connectivity index is 2.55. The molecule has 1 N–H and O–H groups in total. The number of carbonyl (C=O) groups is 2. The molecular formula is C7H11NO3S. The van der Waals surface area contributed by atoms with Crippen molar-refractivity contribution in [1.29, 1.82) is 0 Å². The number of carbonyl (C=O) groups excluding carboxylic acids is 1. The SMILES string of the molecule is CCN1CC(C(=O)O)SCC1=O. The average molecular weight is 189 g/mol. The summed E-state index contributed by atoms with van der Waals surface area (Å²) in [4.78, 5) is 23.2. The third-order valence-electron chi connectivity index (χ3n) is 1.80. The summed E-state index contributed by atoms with van der Waals surface area (Å²) in [7, 11) is 0. The summed E-state index contributed by atoms with van der Waals surface area (Å²) in [6.45, 7) is 2.80. The molecule has 5 heteroatoms. The summed E-state index contributed by atoms with van der Waals surface area (Å²) in [6, 6.07) is 0. The summed E-state index contributed by atoms with van der Waals surface area (Å²) in [6.07, 6.45) is 0. The topological polar surface area (TPSA) is 57.6 Å². The van der Waals surface area contributed by atoms with Crippen LogP contribution in [0.2, 0.25) is 0 Å². The molecule has 1 amide bonds. The number of nitrogens with zero attached hydrogens (tertiary/aromatic N) is 1. The van der Waals surface area contributed by atoms with Gasteiger partial charge in [-0.3, -0.25) is 9.59 Å². The molecule has 0 aromatic rings. The largest absolute Gasteiger partial charge is 0.480 e. The average Bonchev–Trinajstić information content (AvgIpc) is 2.05. The van der Waals surface area contributed by atoms with Crippen LogP contribution in [-0.2, 0) is 9.59 Å². The molecule has 0 spiro atoms. The van der Waals surface area contributed by atoms with E-state index in [1.54, 1.807) is 4.90 Å². The molecule has 0 aliphatic carbocycles. The molecule has 1 heterocycles. The fourth-order valence-corrected chi connectivity index (χ4v) is 2.03. The van der Waals surface area contributed by atoms with E-state index in [1.807, 2.05) is 6.92 Å². The second-order valence-corrected chi connectivity index (χ2v) is 3.76. The van der Waals surface area contributed by atoms with Crippen molar-refractivity contribution >= 4 is 23.6 Å². The molecule has 1 saturated heterocycles. The fraction of sp³-hybridized carbons (Fsp3) is 0.714. The van der Waals surface area contributed by atoms with Gasteiger partial charge in [-0.15, -0.1) is 11.8 Å². The van der Waals surface area contributed by atoms with Crippen molar-refractivity contribution in [3.05, 3.63) is 0 Å². The Hall–Kier alpha value is -0.710. The predicted molar refractivity (Wildman–Crippen MR) is 46.1 cm³/mol. The van der Waals surface area contributed by atoms with Crippen LogP contribution in [0.1, 0.15) is 6.92 Å². The van der Waals surface area contributed by atoms with Crippen molar-refractivity contribution in [2.75, 3.05) is 18.8 Å². The van der Waals surface area contributed by atoms with Gasteiger partial charge in [0.2, 0.25) is 5.91 Å². The van der Waals surface area contributed by atoms with Crippen molar-refractivity contribution in [2.24, 2.45) is 0 Å². The number of carboxylic acids is 1. The Labute approximate surface area is 74.9 Å². The first-order valence-electron chi connectivity index (χ1n) is 3.77. The van der Waals surface area contributed by atoms with E-state index in [2.05, 4.69) is 0 Å². The molecule has 12 heavy (non-hydrogen) atoms. The maximum Gasteiger partial charge on any atom is 0.318 e. The first-order valence-corrected chi connectivity index (χ1v) is 4.82. The number of aliphatic carboxylic acids is 1. The van der Waals surface area contributed by atoms with E-state index >= 15 is 0 Å². The molecule has 1 atom stereocenters.